The summed E-state index contributed by atoms with van der Waals surface area (Å²) in [5.74, 6) is -0.132. The van der Waals surface area contributed by atoms with Crippen LogP contribution in [0.2, 0.25) is 0 Å². The first kappa shape index (κ1) is 14.0. The molecule has 3 heterocycles. The van der Waals surface area contributed by atoms with Crippen molar-refractivity contribution >= 4 is 23.4 Å². The maximum Gasteiger partial charge on any atom is 0.239 e. The highest BCUT2D eigenvalue weighted by atomic mass is 35.5. The molecule has 0 bridgehead atoms. The Bertz CT molecular complexity index is 590. The number of rotatable bonds is 1. The van der Waals surface area contributed by atoms with Crippen LogP contribution in [0.4, 0.5) is 0 Å². The van der Waals surface area contributed by atoms with Crippen LogP contribution in [-0.2, 0) is 0 Å². The lowest BCUT2D eigenvalue weighted by atomic mass is 10.0. The molecule has 0 amide bonds. The number of aromatic nitrogens is 3. The van der Waals surface area contributed by atoms with Crippen LogP contribution in [-0.4, -0.2) is 48.5 Å². The molecule has 0 saturated carbocycles. The lowest BCUT2D eigenvalue weighted by Gasteiger charge is -2.14. The van der Waals surface area contributed by atoms with Gasteiger partial charge in [0.15, 0.2) is 0 Å². The van der Waals surface area contributed by atoms with Gasteiger partial charge in [0.05, 0.1) is 12.1 Å². The number of aliphatic hydroxyl groups excluding tert-OH is 2. The molecular weight excluding hydrogens is 272 g/mol. The van der Waals surface area contributed by atoms with Gasteiger partial charge in [0, 0.05) is 17.8 Å². The molecule has 19 heavy (non-hydrogen) atoms. The first-order chi connectivity index (χ1) is 8.59. The van der Waals surface area contributed by atoms with Crippen molar-refractivity contribution in [1.29, 1.82) is 0 Å². The van der Waals surface area contributed by atoms with Crippen LogP contribution < -0.4 is 5.32 Å². The van der Waals surface area contributed by atoms with Gasteiger partial charge in [0.25, 0.3) is 0 Å². The Morgan fingerprint density at radius 3 is 2.58 bits per heavy atom. The highest BCUT2D eigenvalue weighted by Crippen LogP contribution is 2.32. The van der Waals surface area contributed by atoms with Gasteiger partial charge in [-0.15, -0.1) is 12.4 Å². The predicted molar refractivity (Wildman–Crippen MR) is 70.2 cm³/mol. The molecule has 0 aliphatic carbocycles. The fourth-order valence-corrected chi connectivity index (χ4v) is 2.43. The smallest absolute Gasteiger partial charge is 0.239 e. The molecule has 0 radical (unpaired) electrons. The highest BCUT2D eigenvalue weighted by Gasteiger charge is 2.40. The summed E-state index contributed by atoms with van der Waals surface area (Å²) < 4.78 is 0. The van der Waals surface area contributed by atoms with Crippen molar-refractivity contribution in [2.75, 3.05) is 0 Å². The van der Waals surface area contributed by atoms with Gasteiger partial charge in [-0.3, -0.25) is 0 Å². The van der Waals surface area contributed by atoms with Crippen LogP contribution in [0.15, 0.2) is 12.5 Å². The Hall–Kier alpha value is -1.41. The summed E-state index contributed by atoms with van der Waals surface area (Å²) in [6.45, 7) is 1.80. The van der Waals surface area contributed by atoms with Gasteiger partial charge in [-0.05, 0) is 6.92 Å². The number of aliphatic hydroxyl groups is 2. The Labute approximate surface area is 115 Å². The van der Waals surface area contributed by atoms with E-state index in [1.807, 2.05) is 0 Å². The van der Waals surface area contributed by atoms with Crippen molar-refractivity contribution in [2.24, 2.45) is 0 Å². The summed E-state index contributed by atoms with van der Waals surface area (Å²) in [6, 6.07) is -0.622. The molecular formula is C11H15ClN4O3. The van der Waals surface area contributed by atoms with Gasteiger partial charge >= 0.3 is 0 Å². The van der Waals surface area contributed by atoms with Gasteiger partial charge in [-0.1, -0.05) is 0 Å². The molecule has 3 rings (SSSR count). The summed E-state index contributed by atoms with van der Waals surface area (Å²) in [6.07, 6.45) is 1.19. The molecule has 7 nitrogen and oxygen atoms in total. The summed E-state index contributed by atoms with van der Waals surface area (Å²) in [5, 5.41) is 32.4. The lowest BCUT2D eigenvalue weighted by Crippen LogP contribution is -2.29. The van der Waals surface area contributed by atoms with Gasteiger partial charge in [0.2, 0.25) is 5.88 Å². The third-order valence-electron chi connectivity index (χ3n) is 3.45. The Kier molecular flexibility index (Phi) is 3.64. The zero-order valence-corrected chi connectivity index (χ0v) is 10.9. The SMILES string of the molecule is C[C@H]1N[C@@H](c2c[nH]c3c(O)ncnc23)[C@H](O)[C@@H]1O.Cl. The van der Waals surface area contributed by atoms with E-state index in [-0.39, 0.29) is 24.3 Å². The van der Waals surface area contributed by atoms with E-state index >= 15 is 0 Å². The number of hydrogen-bond donors (Lipinski definition) is 5. The maximum absolute atomic E-state index is 10.00. The van der Waals surface area contributed by atoms with Crippen molar-refractivity contribution in [3.63, 3.8) is 0 Å². The average Bonchev–Trinajstić information content (AvgIpc) is 2.88. The van der Waals surface area contributed by atoms with Crippen LogP contribution in [0, 0.1) is 0 Å². The highest BCUT2D eigenvalue weighted by molar-refractivity contribution is 5.85. The van der Waals surface area contributed by atoms with Crippen LogP contribution in [0.5, 0.6) is 5.88 Å². The van der Waals surface area contributed by atoms with Crippen molar-refractivity contribution in [3.05, 3.63) is 18.1 Å². The fraction of sp³-hybridized carbons (Fsp3) is 0.455. The number of aromatic amines is 1. The number of fused-ring (bicyclic) bond motifs is 1. The molecule has 5 N–H and O–H groups in total. The topological polar surface area (TPSA) is 114 Å². The van der Waals surface area contributed by atoms with E-state index in [4.69, 9.17) is 0 Å². The average molecular weight is 287 g/mol. The maximum atomic E-state index is 10.00. The number of H-pyrrole nitrogens is 1. The van der Waals surface area contributed by atoms with E-state index in [0.29, 0.717) is 16.6 Å². The quantitative estimate of drug-likeness (QED) is 0.498. The fourth-order valence-electron chi connectivity index (χ4n) is 2.43. The molecule has 104 valence electrons. The summed E-state index contributed by atoms with van der Waals surface area (Å²) in [5.41, 5.74) is 1.68. The number of nitrogens with zero attached hydrogens (tertiary/aromatic N) is 2. The number of nitrogens with one attached hydrogen (secondary N) is 2. The van der Waals surface area contributed by atoms with E-state index in [0.717, 1.165) is 0 Å². The first-order valence-corrected chi connectivity index (χ1v) is 5.72. The Balaban J connectivity index is 0.00000133. The minimum Gasteiger partial charge on any atom is -0.492 e. The third-order valence-corrected chi connectivity index (χ3v) is 3.45. The standard InChI is InChI=1S/C11H14N4O3.ClH/c1-4-9(16)10(17)7(15-4)5-2-12-8-6(5)13-3-14-11(8)18;/h2-4,7,9-10,12,15-17H,1H3,(H,13,14,18);1H/t4-,7+,9-,10+;/m1./s1. The molecule has 1 aliphatic heterocycles. The van der Waals surface area contributed by atoms with E-state index in [9.17, 15) is 15.3 Å². The molecule has 2 aromatic heterocycles. The number of hydrogen-bond acceptors (Lipinski definition) is 6. The molecule has 1 aliphatic rings. The molecule has 0 unspecified atom stereocenters. The van der Waals surface area contributed by atoms with E-state index in [1.54, 1.807) is 13.1 Å². The minimum absolute atomic E-state index is 0. The minimum atomic E-state index is -0.906. The van der Waals surface area contributed by atoms with Crippen molar-refractivity contribution in [2.45, 2.75) is 31.2 Å². The second-order valence-corrected chi connectivity index (χ2v) is 4.58. The second kappa shape index (κ2) is 4.93. The van der Waals surface area contributed by atoms with Gasteiger partial charge in [-0.25, -0.2) is 9.97 Å². The Morgan fingerprint density at radius 1 is 1.21 bits per heavy atom. The first-order valence-electron chi connectivity index (χ1n) is 5.72. The third kappa shape index (κ3) is 2.04. The van der Waals surface area contributed by atoms with E-state index in [2.05, 4.69) is 20.3 Å². The largest absolute Gasteiger partial charge is 0.492 e. The van der Waals surface area contributed by atoms with Crippen molar-refractivity contribution in [3.8, 4) is 5.88 Å². The summed E-state index contributed by atoms with van der Waals surface area (Å²) >= 11 is 0. The van der Waals surface area contributed by atoms with Gasteiger partial charge < -0.3 is 25.6 Å². The zero-order valence-electron chi connectivity index (χ0n) is 10.1. The van der Waals surface area contributed by atoms with Crippen molar-refractivity contribution in [1.82, 2.24) is 20.3 Å². The van der Waals surface area contributed by atoms with Gasteiger partial charge in [0.1, 0.15) is 23.5 Å². The lowest BCUT2D eigenvalue weighted by molar-refractivity contribution is 0.0303. The zero-order chi connectivity index (χ0) is 12.9. The molecule has 8 heteroatoms. The van der Waals surface area contributed by atoms with Crippen LogP contribution in [0.3, 0.4) is 0 Å². The Morgan fingerprint density at radius 2 is 1.95 bits per heavy atom. The van der Waals surface area contributed by atoms with Crippen LogP contribution in [0.25, 0.3) is 11.0 Å². The summed E-state index contributed by atoms with van der Waals surface area (Å²) in [7, 11) is 0. The summed E-state index contributed by atoms with van der Waals surface area (Å²) in [4.78, 5) is 10.6. The molecule has 2 aromatic rings. The number of halogens is 1. The normalized spacial score (nSPS) is 30.5. The molecule has 4 atom stereocenters. The van der Waals surface area contributed by atoms with Crippen LogP contribution in [0.1, 0.15) is 18.5 Å². The molecule has 1 saturated heterocycles. The number of aromatic hydroxyl groups is 1. The van der Waals surface area contributed by atoms with E-state index in [1.165, 1.54) is 6.33 Å². The van der Waals surface area contributed by atoms with Gasteiger partial charge in [-0.2, -0.15) is 0 Å². The molecule has 0 spiro atoms. The second-order valence-electron chi connectivity index (χ2n) is 4.58. The van der Waals surface area contributed by atoms with E-state index < -0.39 is 18.2 Å². The molecule has 1 fully saturated rings. The van der Waals surface area contributed by atoms with Crippen molar-refractivity contribution < 1.29 is 15.3 Å². The predicted octanol–water partition coefficient (Wildman–Crippen LogP) is -0.160. The van der Waals surface area contributed by atoms with Crippen LogP contribution >= 0.6 is 12.4 Å². The molecule has 0 aromatic carbocycles. The monoisotopic (exact) mass is 286 g/mol.